The molecule has 0 fully saturated rings. The van der Waals surface area contributed by atoms with E-state index in [-0.39, 0.29) is 24.9 Å². The Bertz CT molecular complexity index is 535. The summed E-state index contributed by atoms with van der Waals surface area (Å²) in [5.74, 6) is -0.448. The van der Waals surface area contributed by atoms with Gasteiger partial charge >= 0.3 is 0 Å². The quantitative estimate of drug-likeness (QED) is 0.846. The van der Waals surface area contributed by atoms with Gasteiger partial charge in [0, 0.05) is 13.1 Å². The van der Waals surface area contributed by atoms with E-state index in [1.54, 1.807) is 4.90 Å². The van der Waals surface area contributed by atoms with E-state index in [2.05, 4.69) is 9.97 Å². The summed E-state index contributed by atoms with van der Waals surface area (Å²) in [5, 5.41) is 9.10. The second kappa shape index (κ2) is 6.10. The molecule has 0 bridgehead atoms. The molecule has 19 heavy (non-hydrogen) atoms. The summed E-state index contributed by atoms with van der Waals surface area (Å²) >= 11 is 0. The number of benzene rings is 1. The van der Waals surface area contributed by atoms with Gasteiger partial charge in [0.1, 0.15) is 0 Å². The Labute approximate surface area is 110 Å². The van der Waals surface area contributed by atoms with Gasteiger partial charge in [0.2, 0.25) is 5.95 Å². The Morgan fingerprint density at radius 2 is 2.00 bits per heavy atom. The standard InChI is InChI=1S/C13H15FN4O/c14-11-8-16-13(15)17-12(11)18(6-7-19)9-10-4-2-1-3-5-10/h1-5,8,19H,6-7,9H2,(H2,15,16,17). The van der Waals surface area contributed by atoms with Crippen LogP contribution < -0.4 is 10.6 Å². The van der Waals surface area contributed by atoms with E-state index in [0.717, 1.165) is 11.8 Å². The van der Waals surface area contributed by atoms with E-state index in [0.29, 0.717) is 6.54 Å². The summed E-state index contributed by atoms with van der Waals surface area (Å²) in [5.41, 5.74) is 6.47. The predicted octanol–water partition coefficient (Wildman–Crippen LogP) is 1.20. The molecule has 0 spiro atoms. The highest BCUT2D eigenvalue weighted by Gasteiger charge is 2.14. The van der Waals surface area contributed by atoms with Crippen molar-refractivity contribution in [2.45, 2.75) is 6.54 Å². The first-order valence-electron chi connectivity index (χ1n) is 5.88. The molecule has 0 unspecified atom stereocenters. The largest absolute Gasteiger partial charge is 0.395 e. The van der Waals surface area contributed by atoms with E-state index in [4.69, 9.17) is 10.8 Å². The third-order valence-corrected chi connectivity index (χ3v) is 2.63. The van der Waals surface area contributed by atoms with Crippen LogP contribution in [0.1, 0.15) is 5.56 Å². The maximum atomic E-state index is 13.7. The van der Waals surface area contributed by atoms with E-state index in [1.807, 2.05) is 30.3 Å². The van der Waals surface area contributed by atoms with Gasteiger partial charge in [0.05, 0.1) is 12.8 Å². The maximum Gasteiger partial charge on any atom is 0.222 e. The number of nitrogens with zero attached hydrogens (tertiary/aromatic N) is 3. The van der Waals surface area contributed by atoms with Crippen LogP contribution >= 0.6 is 0 Å². The second-order valence-electron chi connectivity index (χ2n) is 4.03. The number of hydrogen-bond acceptors (Lipinski definition) is 5. The van der Waals surface area contributed by atoms with Crippen molar-refractivity contribution < 1.29 is 9.50 Å². The fraction of sp³-hybridized carbons (Fsp3) is 0.231. The number of anilines is 2. The molecule has 1 aromatic carbocycles. The van der Waals surface area contributed by atoms with Gasteiger partial charge in [-0.2, -0.15) is 4.98 Å². The molecule has 5 nitrogen and oxygen atoms in total. The van der Waals surface area contributed by atoms with Gasteiger partial charge in [0.25, 0.3) is 0 Å². The topological polar surface area (TPSA) is 75.3 Å². The smallest absolute Gasteiger partial charge is 0.222 e. The molecule has 1 heterocycles. The van der Waals surface area contributed by atoms with Gasteiger partial charge in [-0.15, -0.1) is 0 Å². The van der Waals surface area contributed by atoms with Crippen molar-refractivity contribution in [2.75, 3.05) is 23.8 Å². The molecule has 0 saturated carbocycles. The van der Waals surface area contributed by atoms with Gasteiger partial charge in [-0.25, -0.2) is 9.37 Å². The number of aliphatic hydroxyl groups excluding tert-OH is 1. The number of rotatable bonds is 5. The van der Waals surface area contributed by atoms with Gasteiger partial charge in [-0.05, 0) is 5.56 Å². The van der Waals surface area contributed by atoms with Gasteiger partial charge in [-0.3, -0.25) is 0 Å². The van der Waals surface area contributed by atoms with Crippen molar-refractivity contribution >= 4 is 11.8 Å². The SMILES string of the molecule is Nc1ncc(F)c(N(CCO)Cc2ccccc2)n1. The van der Waals surface area contributed by atoms with Gasteiger partial charge in [-0.1, -0.05) is 30.3 Å². The zero-order chi connectivity index (χ0) is 13.7. The zero-order valence-corrected chi connectivity index (χ0v) is 10.3. The molecular weight excluding hydrogens is 247 g/mol. The number of aliphatic hydroxyl groups is 1. The van der Waals surface area contributed by atoms with Crippen LogP contribution in [0.25, 0.3) is 0 Å². The maximum absolute atomic E-state index is 13.7. The van der Waals surface area contributed by atoms with Crippen molar-refractivity contribution in [3.05, 3.63) is 47.9 Å². The highest BCUT2D eigenvalue weighted by atomic mass is 19.1. The van der Waals surface area contributed by atoms with E-state index >= 15 is 0 Å². The average molecular weight is 262 g/mol. The first-order chi connectivity index (χ1) is 9.20. The third-order valence-electron chi connectivity index (χ3n) is 2.63. The molecule has 3 N–H and O–H groups in total. The lowest BCUT2D eigenvalue weighted by Crippen LogP contribution is -2.28. The Kier molecular flexibility index (Phi) is 4.25. The van der Waals surface area contributed by atoms with Gasteiger partial charge in [0.15, 0.2) is 11.6 Å². The fourth-order valence-electron chi connectivity index (χ4n) is 1.78. The second-order valence-corrected chi connectivity index (χ2v) is 4.03. The molecule has 0 amide bonds. The molecule has 1 aromatic heterocycles. The zero-order valence-electron chi connectivity index (χ0n) is 10.3. The summed E-state index contributed by atoms with van der Waals surface area (Å²) < 4.78 is 13.7. The Hall–Kier alpha value is -2.21. The first kappa shape index (κ1) is 13.2. The minimum atomic E-state index is -0.557. The Balaban J connectivity index is 2.27. The first-order valence-corrected chi connectivity index (χ1v) is 5.88. The molecule has 100 valence electrons. The molecule has 6 heteroatoms. The van der Waals surface area contributed by atoms with Crippen molar-refractivity contribution in [3.8, 4) is 0 Å². The summed E-state index contributed by atoms with van der Waals surface area (Å²) in [6.07, 6.45) is 1.03. The monoisotopic (exact) mass is 262 g/mol. The lowest BCUT2D eigenvalue weighted by atomic mass is 10.2. The van der Waals surface area contributed by atoms with Crippen LogP contribution in [-0.4, -0.2) is 28.2 Å². The van der Waals surface area contributed by atoms with Crippen LogP contribution in [0.2, 0.25) is 0 Å². The highest BCUT2D eigenvalue weighted by Crippen LogP contribution is 2.18. The van der Waals surface area contributed by atoms with Crippen molar-refractivity contribution in [2.24, 2.45) is 0 Å². The number of aromatic nitrogens is 2. The molecule has 0 aliphatic rings. The normalized spacial score (nSPS) is 10.4. The van der Waals surface area contributed by atoms with Gasteiger partial charge < -0.3 is 15.7 Å². The number of hydrogen-bond donors (Lipinski definition) is 2. The molecule has 0 aliphatic heterocycles. The molecule has 2 aromatic rings. The van der Waals surface area contributed by atoms with Crippen LogP contribution in [0, 0.1) is 5.82 Å². The van der Waals surface area contributed by atoms with E-state index in [9.17, 15) is 4.39 Å². The molecular formula is C13H15FN4O. The lowest BCUT2D eigenvalue weighted by Gasteiger charge is -2.23. The Morgan fingerprint density at radius 3 is 2.68 bits per heavy atom. The molecule has 0 atom stereocenters. The predicted molar refractivity (Wildman–Crippen MR) is 71.0 cm³/mol. The third kappa shape index (κ3) is 3.38. The van der Waals surface area contributed by atoms with Crippen molar-refractivity contribution in [1.82, 2.24) is 9.97 Å². The minimum absolute atomic E-state index is 0.00685. The van der Waals surface area contributed by atoms with Crippen LogP contribution in [-0.2, 0) is 6.54 Å². The molecule has 0 saturated heterocycles. The van der Waals surface area contributed by atoms with Crippen molar-refractivity contribution in [3.63, 3.8) is 0 Å². The number of nitrogen functional groups attached to an aromatic ring is 1. The summed E-state index contributed by atoms with van der Waals surface area (Å²) in [4.78, 5) is 9.11. The number of halogens is 1. The lowest BCUT2D eigenvalue weighted by molar-refractivity contribution is 0.300. The average Bonchev–Trinajstić information content (AvgIpc) is 2.42. The van der Waals surface area contributed by atoms with Crippen LogP contribution in [0.3, 0.4) is 0 Å². The van der Waals surface area contributed by atoms with E-state index in [1.165, 1.54) is 0 Å². The van der Waals surface area contributed by atoms with E-state index < -0.39 is 5.82 Å². The summed E-state index contributed by atoms with van der Waals surface area (Å²) in [7, 11) is 0. The molecule has 0 radical (unpaired) electrons. The minimum Gasteiger partial charge on any atom is -0.395 e. The van der Waals surface area contributed by atoms with Crippen LogP contribution in [0.4, 0.5) is 16.2 Å². The summed E-state index contributed by atoms with van der Waals surface area (Å²) in [6, 6.07) is 9.55. The van der Waals surface area contributed by atoms with Crippen LogP contribution in [0.5, 0.6) is 0 Å². The molecule has 0 aliphatic carbocycles. The molecule has 2 rings (SSSR count). The Morgan fingerprint density at radius 1 is 1.26 bits per heavy atom. The van der Waals surface area contributed by atoms with Crippen molar-refractivity contribution in [1.29, 1.82) is 0 Å². The van der Waals surface area contributed by atoms with Crippen LogP contribution in [0.15, 0.2) is 36.5 Å². The summed E-state index contributed by atoms with van der Waals surface area (Å²) in [6.45, 7) is 0.604. The fourth-order valence-corrected chi connectivity index (χ4v) is 1.78. The number of nitrogens with two attached hydrogens (primary N) is 1. The highest BCUT2D eigenvalue weighted by molar-refractivity contribution is 5.43.